The summed E-state index contributed by atoms with van der Waals surface area (Å²) in [5, 5.41) is 2.38. The maximum Gasteiger partial charge on any atom is 0.227 e. The number of rotatable bonds is 9. The molecule has 0 fully saturated rings. The molecule has 0 saturated carbocycles. The highest BCUT2D eigenvalue weighted by Gasteiger charge is 2.26. The first kappa shape index (κ1) is 20.5. The lowest BCUT2D eigenvalue weighted by Crippen LogP contribution is -2.22. The molecule has 0 aliphatic carbocycles. The van der Waals surface area contributed by atoms with Gasteiger partial charge in [-0.05, 0) is 37.5 Å². The quantitative estimate of drug-likeness (QED) is 0.726. The molecule has 1 amide bonds. The molecular formula is C18H29NO4S. The van der Waals surface area contributed by atoms with E-state index in [-0.39, 0.29) is 16.7 Å². The van der Waals surface area contributed by atoms with Gasteiger partial charge in [0.15, 0.2) is 9.84 Å². The predicted octanol–water partition coefficient (Wildman–Crippen LogP) is 4.03. The van der Waals surface area contributed by atoms with Crippen LogP contribution in [0.4, 0.5) is 5.69 Å². The van der Waals surface area contributed by atoms with E-state index in [1.165, 1.54) is 19.2 Å². The first-order valence-corrected chi connectivity index (χ1v) is 10.1. The summed E-state index contributed by atoms with van der Waals surface area (Å²) in [6, 6.07) is 4.63. The molecule has 1 atom stereocenters. The summed E-state index contributed by atoms with van der Waals surface area (Å²) in [5.74, 6) is 0.182. The van der Waals surface area contributed by atoms with E-state index in [0.29, 0.717) is 24.3 Å². The normalized spacial score (nSPS) is 12.9. The van der Waals surface area contributed by atoms with Crippen molar-refractivity contribution in [3.63, 3.8) is 0 Å². The molecule has 136 valence electrons. The number of nitrogens with one attached hydrogen (secondary N) is 1. The minimum atomic E-state index is -3.42. The Kier molecular flexibility index (Phi) is 7.73. The zero-order chi connectivity index (χ0) is 18.3. The molecule has 1 aromatic rings. The predicted molar refractivity (Wildman–Crippen MR) is 97.3 cm³/mol. The summed E-state index contributed by atoms with van der Waals surface area (Å²) < 4.78 is 30.7. The first-order valence-electron chi connectivity index (χ1n) is 8.54. The van der Waals surface area contributed by atoms with Crippen molar-refractivity contribution in [2.75, 3.05) is 12.4 Å². The van der Waals surface area contributed by atoms with Crippen LogP contribution in [0, 0.1) is 5.92 Å². The van der Waals surface area contributed by atoms with Crippen LogP contribution in [0.15, 0.2) is 23.1 Å². The molecule has 0 saturated heterocycles. The largest absolute Gasteiger partial charge is 0.495 e. The van der Waals surface area contributed by atoms with Crippen molar-refractivity contribution >= 4 is 21.4 Å². The van der Waals surface area contributed by atoms with Crippen molar-refractivity contribution < 1.29 is 17.9 Å². The minimum absolute atomic E-state index is 0.132. The number of methoxy groups -OCH3 is 1. The number of anilines is 1. The van der Waals surface area contributed by atoms with Gasteiger partial charge in [0, 0.05) is 5.92 Å². The highest BCUT2D eigenvalue weighted by atomic mass is 32.2. The number of hydrogen-bond donors (Lipinski definition) is 1. The third-order valence-corrected chi connectivity index (χ3v) is 6.73. The van der Waals surface area contributed by atoms with E-state index in [1.807, 2.05) is 27.7 Å². The van der Waals surface area contributed by atoms with Crippen molar-refractivity contribution in [1.29, 1.82) is 0 Å². The van der Waals surface area contributed by atoms with Gasteiger partial charge in [-0.25, -0.2) is 8.42 Å². The molecule has 1 unspecified atom stereocenters. The molecule has 1 N–H and O–H groups in total. The maximum absolute atomic E-state index is 12.7. The van der Waals surface area contributed by atoms with Crippen molar-refractivity contribution in [2.45, 2.75) is 63.5 Å². The lowest BCUT2D eigenvalue weighted by molar-refractivity contribution is -0.119. The van der Waals surface area contributed by atoms with Crippen LogP contribution in [0.5, 0.6) is 5.75 Å². The topological polar surface area (TPSA) is 72.5 Å². The zero-order valence-corrected chi connectivity index (χ0v) is 16.1. The van der Waals surface area contributed by atoms with E-state index in [0.717, 1.165) is 12.8 Å². The molecule has 1 rings (SSSR count). The van der Waals surface area contributed by atoms with E-state index < -0.39 is 15.1 Å². The smallest absolute Gasteiger partial charge is 0.227 e. The van der Waals surface area contributed by atoms with Gasteiger partial charge in [-0.3, -0.25) is 4.79 Å². The zero-order valence-electron chi connectivity index (χ0n) is 15.3. The fourth-order valence-corrected chi connectivity index (χ4v) is 4.50. The molecule has 0 bridgehead atoms. The fourth-order valence-electron chi connectivity index (χ4n) is 2.70. The van der Waals surface area contributed by atoms with Gasteiger partial charge in [0.05, 0.1) is 22.9 Å². The summed E-state index contributed by atoms with van der Waals surface area (Å²) in [7, 11) is -1.93. The molecule has 6 heteroatoms. The number of amides is 1. The Balaban J connectivity index is 3.19. The van der Waals surface area contributed by atoms with E-state index >= 15 is 0 Å². The van der Waals surface area contributed by atoms with Crippen molar-refractivity contribution in [2.24, 2.45) is 5.92 Å². The summed E-state index contributed by atoms with van der Waals surface area (Å²) in [6.45, 7) is 7.61. The van der Waals surface area contributed by atoms with E-state index in [4.69, 9.17) is 4.74 Å². The molecular weight excluding hydrogens is 326 g/mol. The van der Waals surface area contributed by atoms with Crippen LogP contribution in [0.1, 0.15) is 53.4 Å². The second kappa shape index (κ2) is 9.06. The highest BCUT2D eigenvalue weighted by Crippen LogP contribution is 2.30. The Morgan fingerprint density at radius 3 is 2.33 bits per heavy atom. The first-order chi connectivity index (χ1) is 11.3. The molecule has 0 aliphatic rings. The third kappa shape index (κ3) is 4.72. The van der Waals surface area contributed by atoms with Gasteiger partial charge in [0.2, 0.25) is 5.91 Å². The van der Waals surface area contributed by atoms with Gasteiger partial charge in [-0.15, -0.1) is 0 Å². The van der Waals surface area contributed by atoms with Crippen LogP contribution >= 0.6 is 0 Å². The monoisotopic (exact) mass is 355 g/mol. The number of sulfone groups is 1. The second-order valence-electron chi connectivity index (χ2n) is 6.02. The van der Waals surface area contributed by atoms with Gasteiger partial charge in [-0.2, -0.15) is 0 Å². The van der Waals surface area contributed by atoms with Gasteiger partial charge in [0.1, 0.15) is 5.75 Å². The molecule has 0 aliphatic heterocycles. The van der Waals surface area contributed by atoms with Crippen LogP contribution in [-0.4, -0.2) is 26.7 Å². The average molecular weight is 356 g/mol. The number of hydrogen-bond acceptors (Lipinski definition) is 4. The van der Waals surface area contributed by atoms with Gasteiger partial charge in [-0.1, -0.05) is 34.1 Å². The van der Waals surface area contributed by atoms with E-state index in [9.17, 15) is 13.2 Å². The van der Waals surface area contributed by atoms with Crippen LogP contribution < -0.4 is 10.1 Å². The van der Waals surface area contributed by atoms with Crippen LogP contribution in [0.2, 0.25) is 0 Å². The number of ether oxygens (including phenoxy) is 1. The Morgan fingerprint density at radius 2 is 1.83 bits per heavy atom. The molecule has 0 spiro atoms. The minimum Gasteiger partial charge on any atom is -0.495 e. The molecule has 5 nitrogen and oxygen atoms in total. The lowest BCUT2D eigenvalue weighted by Gasteiger charge is -2.17. The lowest BCUT2D eigenvalue weighted by atomic mass is 10.1. The third-order valence-electron chi connectivity index (χ3n) is 4.28. The summed E-state index contributed by atoms with van der Waals surface area (Å²) >= 11 is 0. The molecule has 1 aromatic carbocycles. The standard InChI is InChI=1S/C18H29NO4S/c1-6-9-13(4)18(20)19-16-12-15(10-11-17(16)23-5)24(21,22)14(7-2)8-3/h10-14H,6-9H2,1-5H3,(H,19,20). The Morgan fingerprint density at radius 1 is 1.21 bits per heavy atom. The highest BCUT2D eigenvalue weighted by molar-refractivity contribution is 7.92. The number of carbonyl (C=O) groups is 1. The van der Waals surface area contributed by atoms with Gasteiger partial charge in [0.25, 0.3) is 0 Å². The van der Waals surface area contributed by atoms with Crippen LogP contribution in [0.25, 0.3) is 0 Å². The van der Waals surface area contributed by atoms with Gasteiger partial charge >= 0.3 is 0 Å². The SMILES string of the molecule is CCCC(C)C(=O)Nc1cc(S(=O)(=O)C(CC)CC)ccc1OC. The molecule has 0 heterocycles. The Hall–Kier alpha value is -1.56. The fraction of sp³-hybridized carbons (Fsp3) is 0.611. The van der Waals surface area contributed by atoms with E-state index in [2.05, 4.69) is 5.32 Å². The summed E-state index contributed by atoms with van der Waals surface area (Å²) in [5.41, 5.74) is 0.400. The van der Waals surface area contributed by atoms with Gasteiger partial charge < -0.3 is 10.1 Å². The number of benzene rings is 1. The van der Waals surface area contributed by atoms with Crippen molar-refractivity contribution in [3.8, 4) is 5.75 Å². The average Bonchev–Trinajstić information content (AvgIpc) is 2.55. The van der Waals surface area contributed by atoms with Crippen molar-refractivity contribution in [1.82, 2.24) is 0 Å². The molecule has 0 aromatic heterocycles. The van der Waals surface area contributed by atoms with Crippen LogP contribution in [-0.2, 0) is 14.6 Å². The second-order valence-corrected chi connectivity index (χ2v) is 8.25. The molecule has 24 heavy (non-hydrogen) atoms. The number of carbonyl (C=O) groups excluding carboxylic acids is 1. The maximum atomic E-state index is 12.7. The van der Waals surface area contributed by atoms with Crippen LogP contribution in [0.3, 0.4) is 0 Å². The summed E-state index contributed by atoms with van der Waals surface area (Å²) in [6.07, 6.45) is 2.80. The molecule has 0 radical (unpaired) electrons. The Labute approximate surface area is 145 Å². The van der Waals surface area contributed by atoms with E-state index in [1.54, 1.807) is 6.07 Å². The summed E-state index contributed by atoms with van der Waals surface area (Å²) in [4.78, 5) is 12.5. The Bertz CT molecular complexity index is 651. The van der Waals surface area contributed by atoms with Crippen molar-refractivity contribution in [3.05, 3.63) is 18.2 Å².